The normalized spacial score (nSPS) is 10.0. The average molecular weight is 315 g/mol. The quantitative estimate of drug-likeness (QED) is 0.871. The molecule has 0 heterocycles. The molecule has 0 radical (unpaired) electrons. The van der Waals surface area contributed by atoms with Crippen LogP contribution in [0.4, 0.5) is 11.4 Å². The minimum atomic E-state index is 0.671. The molecular weight excluding hydrogens is 300 g/mol. The number of benzene rings is 2. The van der Waals surface area contributed by atoms with Crippen molar-refractivity contribution in [2.75, 3.05) is 5.32 Å². The molecule has 0 bridgehead atoms. The fourth-order valence-electron chi connectivity index (χ4n) is 2.04. The predicted molar refractivity (Wildman–Crippen MR) is 82.7 cm³/mol. The van der Waals surface area contributed by atoms with Gasteiger partial charge in [-0.3, -0.25) is 0 Å². The molecule has 0 aliphatic heterocycles. The summed E-state index contributed by atoms with van der Waals surface area (Å²) in [5.74, 6) is 0. The van der Waals surface area contributed by atoms with Crippen LogP contribution < -0.4 is 5.32 Å². The van der Waals surface area contributed by atoms with Crippen molar-refractivity contribution in [1.82, 2.24) is 0 Å². The number of hydrogen-bond acceptors (Lipinski definition) is 2. The Kier molecular flexibility index (Phi) is 4.24. The lowest BCUT2D eigenvalue weighted by atomic mass is 10.1. The van der Waals surface area contributed by atoms with Gasteiger partial charge in [0.25, 0.3) is 0 Å². The smallest absolute Gasteiger partial charge is 0.101 e. The maximum Gasteiger partial charge on any atom is 0.101 e. The summed E-state index contributed by atoms with van der Waals surface area (Å²) in [5, 5.41) is 12.6. The van der Waals surface area contributed by atoms with Crippen LogP contribution in [-0.2, 0) is 6.42 Å². The lowest BCUT2D eigenvalue weighted by Crippen LogP contribution is -1.99. The van der Waals surface area contributed by atoms with Gasteiger partial charge in [0.05, 0.1) is 11.3 Å². The van der Waals surface area contributed by atoms with Crippen LogP contribution in [0, 0.1) is 18.3 Å². The molecular formula is C16H15BrN2. The van der Waals surface area contributed by atoms with Crippen molar-refractivity contribution in [1.29, 1.82) is 5.26 Å². The maximum atomic E-state index is 9.19. The second-order valence-electron chi connectivity index (χ2n) is 4.39. The highest BCUT2D eigenvalue weighted by molar-refractivity contribution is 9.10. The maximum absolute atomic E-state index is 9.19. The van der Waals surface area contributed by atoms with Crippen LogP contribution in [0.5, 0.6) is 0 Å². The highest BCUT2D eigenvalue weighted by atomic mass is 79.9. The molecule has 0 atom stereocenters. The molecule has 2 rings (SSSR count). The minimum Gasteiger partial charge on any atom is -0.354 e. The molecule has 2 aromatic rings. The molecule has 0 saturated heterocycles. The number of nitrogens with one attached hydrogen (secondary N) is 1. The number of halogens is 1. The van der Waals surface area contributed by atoms with Crippen molar-refractivity contribution in [3.05, 3.63) is 57.6 Å². The molecule has 0 unspecified atom stereocenters. The van der Waals surface area contributed by atoms with Gasteiger partial charge in [0.2, 0.25) is 0 Å². The Morgan fingerprint density at radius 2 is 2.05 bits per heavy atom. The predicted octanol–water partition coefficient (Wildman–Crippen LogP) is 4.94. The summed E-state index contributed by atoms with van der Waals surface area (Å²) in [6.07, 6.45) is 0.940. The van der Waals surface area contributed by atoms with Gasteiger partial charge in [-0.15, -0.1) is 0 Å². The second kappa shape index (κ2) is 5.90. The largest absolute Gasteiger partial charge is 0.354 e. The summed E-state index contributed by atoms with van der Waals surface area (Å²) < 4.78 is 1.07. The molecule has 0 aliphatic rings. The van der Waals surface area contributed by atoms with Gasteiger partial charge in [0.1, 0.15) is 6.07 Å². The SMILES string of the molecule is CCc1cc(Br)ccc1Nc1c(C)cccc1C#N. The first-order chi connectivity index (χ1) is 9.15. The van der Waals surface area contributed by atoms with Gasteiger partial charge >= 0.3 is 0 Å². The van der Waals surface area contributed by atoms with E-state index in [1.165, 1.54) is 5.56 Å². The van der Waals surface area contributed by atoms with E-state index in [9.17, 15) is 5.26 Å². The molecule has 1 N–H and O–H groups in total. The molecule has 0 fully saturated rings. The van der Waals surface area contributed by atoms with Crippen LogP contribution in [0.25, 0.3) is 0 Å². The zero-order chi connectivity index (χ0) is 13.8. The Labute approximate surface area is 122 Å². The molecule has 3 heteroatoms. The molecule has 19 heavy (non-hydrogen) atoms. The van der Waals surface area contributed by atoms with E-state index in [0.717, 1.165) is 27.8 Å². The molecule has 0 aliphatic carbocycles. The fourth-order valence-corrected chi connectivity index (χ4v) is 2.45. The van der Waals surface area contributed by atoms with Crippen molar-refractivity contribution in [3.63, 3.8) is 0 Å². The van der Waals surface area contributed by atoms with Crippen molar-refractivity contribution < 1.29 is 0 Å². The van der Waals surface area contributed by atoms with Gasteiger partial charge < -0.3 is 5.32 Å². The number of para-hydroxylation sites is 1. The summed E-state index contributed by atoms with van der Waals surface area (Å²) in [6.45, 7) is 4.13. The Morgan fingerprint density at radius 1 is 1.26 bits per heavy atom. The molecule has 0 saturated carbocycles. The highest BCUT2D eigenvalue weighted by Crippen LogP contribution is 2.28. The van der Waals surface area contributed by atoms with Crippen molar-refractivity contribution in [2.45, 2.75) is 20.3 Å². The number of rotatable bonds is 3. The number of nitriles is 1. The van der Waals surface area contributed by atoms with Crippen LogP contribution >= 0.6 is 15.9 Å². The third kappa shape index (κ3) is 2.97. The molecule has 96 valence electrons. The second-order valence-corrected chi connectivity index (χ2v) is 5.30. The molecule has 0 aromatic heterocycles. The first-order valence-corrected chi connectivity index (χ1v) is 7.00. The zero-order valence-electron chi connectivity index (χ0n) is 11.0. The van der Waals surface area contributed by atoms with Gasteiger partial charge in [-0.25, -0.2) is 0 Å². The molecule has 0 spiro atoms. The Bertz CT molecular complexity index is 642. The average Bonchev–Trinajstić information content (AvgIpc) is 2.42. The van der Waals surface area contributed by atoms with Crippen LogP contribution in [-0.4, -0.2) is 0 Å². The van der Waals surface area contributed by atoms with Crippen LogP contribution in [0.3, 0.4) is 0 Å². The van der Waals surface area contributed by atoms with Gasteiger partial charge in [0.15, 0.2) is 0 Å². The lowest BCUT2D eigenvalue weighted by Gasteiger charge is -2.14. The van der Waals surface area contributed by atoms with Crippen molar-refractivity contribution in [3.8, 4) is 6.07 Å². The number of aryl methyl sites for hydroxylation is 2. The van der Waals surface area contributed by atoms with Crippen LogP contribution in [0.1, 0.15) is 23.6 Å². The van der Waals surface area contributed by atoms with Gasteiger partial charge in [-0.2, -0.15) is 5.26 Å². The number of nitrogens with zero attached hydrogens (tertiary/aromatic N) is 1. The van der Waals surface area contributed by atoms with Crippen LogP contribution in [0.15, 0.2) is 40.9 Å². The molecule has 0 amide bonds. The van der Waals surface area contributed by atoms with E-state index in [4.69, 9.17) is 0 Å². The van der Waals surface area contributed by atoms with Gasteiger partial charge in [-0.1, -0.05) is 35.0 Å². The van der Waals surface area contributed by atoms with E-state index in [-0.39, 0.29) is 0 Å². The standard InChI is InChI=1S/C16H15BrN2/c1-3-12-9-14(17)7-8-15(12)19-16-11(2)5-4-6-13(16)10-18/h4-9,19H,3H2,1-2H3. The van der Waals surface area contributed by atoms with E-state index in [0.29, 0.717) is 5.56 Å². The van der Waals surface area contributed by atoms with Crippen molar-refractivity contribution >= 4 is 27.3 Å². The third-order valence-electron chi connectivity index (χ3n) is 3.10. The first-order valence-electron chi connectivity index (χ1n) is 6.21. The monoisotopic (exact) mass is 314 g/mol. The topological polar surface area (TPSA) is 35.8 Å². The van der Waals surface area contributed by atoms with E-state index in [1.54, 1.807) is 0 Å². The zero-order valence-corrected chi connectivity index (χ0v) is 12.6. The van der Waals surface area contributed by atoms with Crippen LogP contribution in [0.2, 0.25) is 0 Å². The summed E-state index contributed by atoms with van der Waals surface area (Å²) >= 11 is 3.49. The summed E-state index contributed by atoms with van der Waals surface area (Å²) in [6, 6.07) is 14.1. The highest BCUT2D eigenvalue weighted by Gasteiger charge is 2.08. The Hall–Kier alpha value is -1.79. The summed E-state index contributed by atoms with van der Waals surface area (Å²) in [7, 11) is 0. The van der Waals surface area contributed by atoms with Gasteiger partial charge in [0, 0.05) is 10.2 Å². The van der Waals surface area contributed by atoms with E-state index in [2.05, 4.69) is 40.3 Å². The van der Waals surface area contributed by atoms with Gasteiger partial charge in [-0.05, 0) is 48.7 Å². The number of anilines is 2. The third-order valence-corrected chi connectivity index (χ3v) is 3.59. The minimum absolute atomic E-state index is 0.671. The Balaban J connectivity index is 2.45. The lowest BCUT2D eigenvalue weighted by molar-refractivity contribution is 1.14. The first kappa shape index (κ1) is 13.6. The van der Waals surface area contributed by atoms with E-state index >= 15 is 0 Å². The Morgan fingerprint density at radius 3 is 2.74 bits per heavy atom. The molecule has 2 nitrogen and oxygen atoms in total. The fraction of sp³-hybridized carbons (Fsp3) is 0.188. The van der Waals surface area contributed by atoms with Crippen molar-refractivity contribution in [2.24, 2.45) is 0 Å². The molecule has 2 aromatic carbocycles. The van der Waals surface area contributed by atoms with E-state index in [1.807, 2.05) is 37.3 Å². The summed E-state index contributed by atoms with van der Waals surface area (Å²) in [5.41, 5.74) is 4.91. The number of hydrogen-bond donors (Lipinski definition) is 1. The summed E-state index contributed by atoms with van der Waals surface area (Å²) in [4.78, 5) is 0. The van der Waals surface area contributed by atoms with E-state index < -0.39 is 0 Å².